The summed E-state index contributed by atoms with van der Waals surface area (Å²) < 4.78 is 5.92. The van der Waals surface area contributed by atoms with Crippen LogP contribution in [0.4, 0.5) is 0 Å². The van der Waals surface area contributed by atoms with E-state index in [4.69, 9.17) is 21.6 Å². The number of halogens is 1. The molecule has 12 rings (SSSR count). The molecular formula is C52H34ClN3S2. The summed E-state index contributed by atoms with van der Waals surface area (Å²) in [5, 5.41) is 11.4. The van der Waals surface area contributed by atoms with Gasteiger partial charge < -0.3 is 0 Å². The van der Waals surface area contributed by atoms with E-state index in [1.54, 1.807) is 11.3 Å². The summed E-state index contributed by atoms with van der Waals surface area (Å²) in [5.41, 5.74) is 8.30. The van der Waals surface area contributed by atoms with E-state index in [0.29, 0.717) is 16.9 Å². The first-order chi connectivity index (χ1) is 28.6. The van der Waals surface area contributed by atoms with Gasteiger partial charge in [0, 0.05) is 42.2 Å². The highest BCUT2D eigenvalue weighted by Crippen LogP contribution is 2.50. The number of nitrogens with zero attached hydrogens (tertiary/aromatic N) is 3. The Kier molecular flexibility index (Phi) is 7.74. The van der Waals surface area contributed by atoms with Gasteiger partial charge in [-0.3, -0.25) is 4.57 Å². The molecule has 0 N–H and O–H groups in total. The molecule has 0 radical (unpaired) electrons. The maximum atomic E-state index is 7.22. The zero-order valence-corrected chi connectivity index (χ0v) is 33.9. The van der Waals surface area contributed by atoms with Crippen LogP contribution in [-0.2, 0) is 0 Å². The average molecular weight is 800 g/mol. The molecule has 0 saturated heterocycles. The highest BCUT2D eigenvalue weighted by atomic mass is 35.5. The highest BCUT2D eigenvalue weighted by molar-refractivity contribution is 7.27. The van der Waals surface area contributed by atoms with Crippen molar-refractivity contribution in [2.75, 3.05) is 0 Å². The van der Waals surface area contributed by atoms with Crippen LogP contribution in [0.25, 0.3) is 95.3 Å². The number of hydrogen-bond donors (Lipinski definition) is 0. The zero-order chi connectivity index (χ0) is 38.5. The molecule has 0 aliphatic heterocycles. The Hall–Kier alpha value is -6.11. The van der Waals surface area contributed by atoms with Crippen LogP contribution in [0.5, 0.6) is 0 Å². The zero-order valence-electron chi connectivity index (χ0n) is 31.5. The van der Waals surface area contributed by atoms with Gasteiger partial charge in [-0.05, 0) is 80.9 Å². The van der Waals surface area contributed by atoms with Gasteiger partial charge in [0.25, 0.3) is 0 Å². The van der Waals surface area contributed by atoms with Crippen LogP contribution in [0.3, 0.4) is 0 Å². The second-order valence-electron chi connectivity index (χ2n) is 15.2. The van der Waals surface area contributed by atoms with Gasteiger partial charge in [-0.2, -0.15) is 0 Å². The van der Waals surface area contributed by atoms with E-state index in [1.807, 2.05) is 11.3 Å². The van der Waals surface area contributed by atoms with Gasteiger partial charge in [0.2, 0.25) is 0 Å². The molecule has 4 aromatic heterocycles. The predicted molar refractivity (Wildman–Crippen MR) is 252 cm³/mol. The van der Waals surface area contributed by atoms with Gasteiger partial charge in [-0.25, -0.2) is 9.97 Å². The van der Waals surface area contributed by atoms with Crippen molar-refractivity contribution in [1.29, 1.82) is 0 Å². The third-order valence-electron chi connectivity index (χ3n) is 12.0. The molecular weight excluding hydrogens is 766 g/mol. The number of benzene rings is 6. The largest absolute Gasteiger partial charge is 0.290 e. The SMILES string of the molecule is CCC1C=CC=C/C1=C(/C=C1/C=CC=CC1)c1ccc2c(ccc3sc4c(c5ccccc5c5c6ccccc6n(-c6nc7c(nc6Cl)sc6ccccc67)c45)c32)c1. The third kappa shape index (κ3) is 5.04. The smallest absolute Gasteiger partial charge is 0.176 e. The van der Waals surface area contributed by atoms with Gasteiger partial charge >= 0.3 is 0 Å². The molecule has 2 aliphatic carbocycles. The third-order valence-corrected chi connectivity index (χ3v) is 14.5. The molecule has 1 unspecified atom stereocenters. The fraction of sp³-hybridized carbons (Fsp3) is 0.0769. The number of aromatic nitrogens is 3. The quantitative estimate of drug-likeness (QED) is 0.177. The summed E-state index contributed by atoms with van der Waals surface area (Å²) in [6.07, 6.45) is 22.2. The number of allylic oxidation sites excluding steroid dienone is 12. The van der Waals surface area contributed by atoms with Crippen LogP contribution in [0.2, 0.25) is 5.15 Å². The molecule has 4 heterocycles. The molecule has 6 heteroatoms. The Morgan fingerprint density at radius 3 is 2.38 bits per heavy atom. The summed E-state index contributed by atoms with van der Waals surface area (Å²) in [6, 6.07) is 37.7. The Bertz CT molecular complexity index is 3600. The number of hydrogen-bond acceptors (Lipinski definition) is 4. The van der Waals surface area contributed by atoms with E-state index in [0.717, 1.165) is 44.3 Å². The number of rotatable bonds is 4. The average Bonchev–Trinajstić information content (AvgIpc) is 3.95. The molecule has 1 atom stereocenters. The van der Waals surface area contributed by atoms with Crippen molar-refractivity contribution >= 4 is 124 Å². The van der Waals surface area contributed by atoms with Crippen molar-refractivity contribution in [2.24, 2.45) is 5.92 Å². The van der Waals surface area contributed by atoms with Crippen LogP contribution in [0.15, 0.2) is 169 Å². The molecule has 6 aromatic carbocycles. The molecule has 0 bridgehead atoms. The van der Waals surface area contributed by atoms with Gasteiger partial charge in [0.1, 0.15) is 10.3 Å². The van der Waals surface area contributed by atoms with E-state index >= 15 is 0 Å². The first-order valence-corrected chi connectivity index (χ1v) is 21.9. The first kappa shape index (κ1) is 34.0. The van der Waals surface area contributed by atoms with Crippen LogP contribution < -0.4 is 0 Å². The predicted octanol–water partition coefficient (Wildman–Crippen LogP) is 15.6. The van der Waals surface area contributed by atoms with Crippen molar-refractivity contribution in [2.45, 2.75) is 19.8 Å². The monoisotopic (exact) mass is 799 g/mol. The molecule has 276 valence electrons. The lowest BCUT2D eigenvalue weighted by atomic mass is 9.84. The van der Waals surface area contributed by atoms with Gasteiger partial charge in [0.15, 0.2) is 11.0 Å². The van der Waals surface area contributed by atoms with E-state index in [-0.39, 0.29) is 0 Å². The maximum Gasteiger partial charge on any atom is 0.176 e. The van der Waals surface area contributed by atoms with Gasteiger partial charge in [-0.15, -0.1) is 22.7 Å². The van der Waals surface area contributed by atoms with Crippen molar-refractivity contribution < 1.29 is 0 Å². The normalized spacial score (nSPS) is 17.3. The maximum absolute atomic E-state index is 7.22. The first-order valence-electron chi connectivity index (χ1n) is 19.9. The van der Waals surface area contributed by atoms with Crippen molar-refractivity contribution in [3.8, 4) is 5.82 Å². The minimum absolute atomic E-state index is 0.372. The van der Waals surface area contributed by atoms with Crippen molar-refractivity contribution in [3.05, 3.63) is 180 Å². The molecule has 0 saturated carbocycles. The molecule has 0 fully saturated rings. The Labute approximate surface area is 347 Å². The van der Waals surface area contributed by atoms with Gasteiger partial charge in [0.05, 0.1) is 15.7 Å². The summed E-state index contributed by atoms with van der Waals surface area (Å²) in [6.45, 7) is 2.28. The fourth-order valence-electron chi connectivity index (χ4n) is 9.41. The van der Waals surface area contributed by atoms with Gasteiger partial charge in [-0.1, -0.05) is 152 Å². The molecule has 2 aliphatic rings. The second kappa shape index (κ2) is 13.2. The highest BCUT2D eigenvalue weighted by Gasteiger charge is 2.25. The standard InChI is InChI=1S/C52H34ClN3S2/c1-2-31-16-6-7-17-34(31)40(28-30-14-4-3-5-15-30)33-24-26-35-32(29-33)25-27-43-45(35)46-37-19-9-8-18-36(37)44-38-20-10-12-22-41(38)56(48(44)49(46)57-43)51-50(53)55-52-47(54-51)39-21-11-13-23-42(39)58-52/h3-14,16-29,31H,2,15H2,1H3/b30-28-,40-34+. The lowest BCUT2D eigenvalue weighted by Gasteiger charge is -2.20. The number of fused-ring (bicyclic) bond motifs is 15. The molecule has 58 heavy (non-hydrogen) atoms. The molecule has 0 spiro atoms. The Morgan fingerprint density at radius 2 is 1.53 bits per heavy atom. The van der Waals surface area contributed by atoms with Crippen molar-refractivity contribution in [1.82, 2.24) is 14.5 Å². The molecule has 0 amide bonds. The van der Waals surface area contributed by atoms with E-state index in [1.165, 1.54) is 74.8 Å². The summed E-state index contributed by atoms with van der Waals surface area (Å²) >= 11 is 10.7. The van der Waals surface area contributed by atoms with Crippen LogP contribution in [0, 0.1) is 5.92 Å². The fourth-order valence-corrected chi connectivity index (χ4v) is 12.0. The lowest BCUT2D eigenvalue weighted by molar-refractivity contribution is 0.742. The summed E-state index contributed by atoms with van der Waals surface area (Å²) in [4.78, 5) is 11.2. The van der Waals surface area contributed by atoms with Crippen LogP contribution in [-0.4, -0.2) is 14.5 Å². The Balaban J connectivity index is 1.17. The minimum Gasteiger partial charge on any atom is -0.290 e. The van der Waals surface area contributed by atoms with Crippen LogP contribution in [0.1, 0.15) is 25.3 Å². The van der Waals surface area contributed by atoms with E-state index < -0.39 is 0 Å². The summed E-state index contributed by atoms with van der Waals surface area (Å²) in [5.74, 6) is 1.03. The lowest BCUT2D eigenvalue weighted by Crippen LogP contribution is -2.03. The van der Waals surface area contributed by atoms with Crippen molar-refractivity contribution in [3.63, 3.8) is 0 Å². The molecule has 10 aromatic rings. The topological polar surface area (TPSA) is 30.7 Å². The minimum atomic E-state index is 0.372. The number of para-hydroxylation sites is 1. The Morgan fingerprint density at radius 1 is 0.741 bits per heavy atom. The number of thiophene rings is 2. The van der Waals surface area contributed by atoms with Crippen LogP contribution >= 0.6 is 34.3 Å². The van der Waals surface area contributed by atoms with E-state index in [9.17, 15) is 0 Å². The molecule has 3 nitrogen and oxygen atoms in total. The summed E-state index contributed by atoms with van der Waals surface area (Å²) in [7, 11) is 0. The second-order valence-corrected chi connectivity index (χ2v) is 17.7. The van der Waals surface area contributed by atoms with E-state index in [2.05, 4.69) is 169 Å².